The molecule has 0 bridgehead atoms. The highest BCUT2D eigenvalue weighted by molar-refractivity contribution is 7.47. The van der Waals surface area contributed by atoms with Gasteiger partial charge in [-0.3, -0.25) is 18.6 Å². The zero-order valence-corrected chi connectivity index (χ0v) is 38.0. The number of hydrogen-bond acceptors (Lipinski definition) is 9. The summed E-state index contributed by atoms with van der Waals surface area (Å²) in [4.78, 5) is 35.4. The predicted molar refractivity (Wildman–Crippen MR) is 233 cm³/mol. The fourth-order valence-electron chi connectivity index (χ4n) is 5.86. The summed E-state index contributed by atoms with van der Waals surface area (Å²) in [6, 6.07) is 0. The first kappa shape index (κ1) is 53.2. The standard InChI is InChI=1S/C46H78NO10P/c1-8-30-43-39(3)40(4)44(57-43)32-27-23-20-21-24-28-33-45(49)53-37-42(38-55-58(51,52)54-36-35-47(5,6)7)56-46(50)34-29-25-19-17-15-13-11-10-12-14-16-18-22-26-31-41(48)9-2/h11-14,17-19,22,41-42,48H,8-10,15-16,20-21,23-38H2,1-7H3/p+1/b13-11-,14-12-,19-17-,22-18-/t41-,42-/m1/s1. The third-order valence-electron chi connectivity index (χ3n) is 9.70. The number of aliphatic hydroxyl groups excluding tert-OH is 1. The van der Waals surface area contributed by atoms with Crippen LogP contribution in [0.5, 0.6) is 0 Å². The average molecular weight is 837 g/mol. The first-order chi connectivity index (χ1) is 27.7. The van der Waals surface area contributed by atoms with E-state index in [2.05, 4.69) is 63.3 Å². The molecule has 1 heterocycles. The van der Waals surface area contributed by atoms with E-state index in [0.29, 0.717) is 30.3 Å². The number of phosphoric ester groups is 1. The molecule has 1 aromatic heterocycles. The Balaban J connectivity index is 2.41. The maximum atomic E-state index is 12.7. The van der Waals surface area contributed by atoms with Gasteiger partial charge in [0.05, 0.1) is 33.9 Å². The molecule has 0 spiro atoms. The highest BCUT2D eigenvalue weighted by Gasteiger charge is 2.27. The van der Waals surface area contributed by atoms with Crippen LogP contribution in [-0.2, 0) is 45.5 Å². The van der Waals surface area contributed by atoms with Crippen molar-refractivity contribution in [2.75, 3.05) is 47.5 Å². The number of carbonyl (C=O) groups excluding carboxylic acids is 2. The molecule has 0 amide bonds. The number of unbranched alkanes of at least 4 members (excludes halogenated alkanes) is 6. The lowest BCUT2D eigenvalue weighted by Gasteiger charge is -2.24. The monoisotopic (exact) mass is 837 g/mol. The van der Waals surface area contributed by atoms with Crippen molar-refractivity contribution in [2.45, 2.75) is 162 Å². The fourth-order valence-corrected chi connectivity index (χ4v) is 6.60. The van der Waals surface area contributed by atoms with Crippen LogP contribution in [0.2, 0.25) is 0 Å². The first-order valence-corrected chi connectivity index (χ1v) is 23.3. The molecule has 58 heavy (non-hydrogen) atoms. The second-order valence-electron chi connectivity index (χ2n) is 16.1. The van der Waals surface area contributed by atoms with Gasteiger partial charge in [0, 0.05) is 25.7 Å². The molecule has 0 aliphatic carbocycles. The normalized spacial score (nSPS) is 14.6. The Morgan fingerprint density at radius 3 is 1.88 bits per heavy atom. The Morgan fingerprint density at radius 1 is 0.724 bits per heavy atom. The number of esters is 2. The molecule has 0 radical (unpaired) electrons. The van der Waals surface area contributed by atoms with Crippen molar-refractivity contribution in [3.8, 4) is 0 Å². The minimum atomic E-state index is -4.41. The van der Waals surface area contributed by atoms with Crippen molar-refractivity contribution in [1.82, 2.24) is 0 Å². The van der Waals surface area contributed by atoms with Gasteiger partial charge in [-0.15, -0.1) is 0 Å². The molecule has 3 atom stereocenters. The van der Waals surface area contributed by atoms with Gasteiger partial charge in [-0.25, -0.2) is 4.57 Å². The quantitative estimate of drug-likeness (QED) is 0.0223. The van der Waals surface area contributed by atoms with E-state index in [-0.39, 0.29) is 32.2 Å². The number of likely N-dealkylation sites (N-methyl/N-ethyl adjacent to an activating group) is 1. The van der Waals surface area contributed by atoms with E-state index in [0.717, 1.165) is 101 Å². The number of nitrogens with zero attached hydrogens (tertiary/aromatic N) is 1. The van der Waals surface area contributed by atoms with Crippen LogP contribution in [0.15, 0.2) is 53.0 Å². The van der Waals surface area contributed by atoms with Crippen LogP contribution in [0.4, 0.5) is 0 Å². The SMILES string of the molecule is CCCc1oc(CCCCCCCCC(=O)OC[C@H](COP(=O)(O)OCC[N+](C)(C)C)OC(=O)CCC/C=C\C/C=C\C/C=C\C/C=C\CC[C@H](O)CC)c(C)c1C. The zero-order chi connectivity index (χ0) is 43.1. The lowest BCUT2D eigenvalue weighted by molar-refractivity contribution is -0.870. The van der Waals surface area contributed by atoms with E-state index in [4.69, 9.17) is 22.9 Å². The molecule has 0 aliphatic rings. The van der Waals surface area contributed by atoms with Crippen molar-refractivity contribution < 1.29 is 51.6 Å². The van der Waals surface area contributed by atoms with Crippen LogP contribution in [0.25, 0.3) is 0 Å². The molecule has 1 aromatic rings. The van der Waals surface area contributed by atoms with E-state index in [9.17, 15) is 24.2 Å². The molecule has 332 valence electrons. The number of ether oxygens (including phenoxy) is 2. The van der Waals surface area contributed by atoms with Gasteiger partial charge in [0.1, 0.15) is 31.3 Å². The highest BCUT2D eigenvalue weighted by Crippen LogP contribution is 2.43. The van der Waals surface area contributed by atoms with Gasteiger partial charge in [-0.1, -0.05) is 88.1 Å². The Labute approximate surface area is 351 Å². The van der Waals surface area contributed by atoms with E-state index < -0.39 is 32.5 Å². The van der Waals surface area contributed by atoms with Crippen molar-refractivity contribution in [3.63, 3.8) is 0 Å². The van der Waals surface area contributed by atoms with Crippen molar-refractivity contribution >= 4 is 19.8 Å². The maximum absolute atomic E-state index is 12.7. The minimum absolute atomic E-state index is 0.00495. The molecule has 1 unspecified atom stereocenters. The largest absolute Gasteiger partial charge is 0.472 e. The Bertz CT molecular complexity index is 1420. The topological polar surface area (TPSA) is 142 Å². The average Bonchev–Trinajstić information content (AvgIpc) is 3.43. The van der Waals surface area contributed by atoms with Crippen LogP contribution < -0.4 is 0 Å². The molecular formula is C46H79NO10P+. The third kappa shape index (κ3) is 28.6. The molecule has 0 saturated carbocycles. The van der Waals surface area contributed by atoms with E-state index in [1.54, 1.807) is 0 Å². The maximum Gasteiger partial charge on any atom is 0.472 e. The van der Waals surface area contributed by atoms with Crippen LogP contribution in [0.1, 0.15) is 146 Å². The minimum Gasteiger partial charge on any atom is -0.466 e. The fraction of sp³-hybridized carbons (Fsp3) is 0.696. The molecule has 1 rings (SSSR count). The molecular weight excluding hydrogens is 757 g/mol. The van der Waals surface area contributed by atoms with Gasteiger partial charge in [0.25, 0.3) is 0 Å². The molecule has 11 nitrogen and oxygen atoms in total. The Kier molecular flexibility index (Phi) is 29.4. The lowest BCUT2D eigenvalue weighted by atomic mass is 10.0. The van der Waals surface area contributed by atoms with Crippen molar-refractivity contribution in [2.24, 2.45) is 0 Å². The smallest absolute Gasteiger partial charge is 0.466 e. The second-order valence-corrected chi connectivity index (χ2v) is 17.6. The summed E-state index contributed by atoms with van der Waals surface area (Å²) >= 11 is 0. The number of aryl methyl sites for hydroxylation is 2. The number of furan rings is 1. The van der Waals surface area contributed by atoms with Crippen LogP contribution in [0.3, 0.4) is 0 Å². The van der Waals surface area contributed by atoms with Crippen LogP contribution in [-0.4, -0.2) is 86.1 Å². The van der Waals surface area contributed by atoms with Crippen LogP contribution in [0, 0.1) is 13.8 Å². The number of allylic oxidation sites excluding steroid dienone is 8. The molecule has 0 fully saturated rings. The van der Waals surface area contributed by atoms with E-state index in [1.165, 1.54) is 11.1 Å². The zero-order valence-electron chi connectivity index (χ0n) is 37.1. The molecule has 0 saturated heterocycles. The van der Waals surface area contributed by atoms with Gasteiger partial charge in [-0.2, -0.15) is 0 Å². The molecule has 2 N–H and O–H groups in total. The Hall–Kier alpha value is -2.79. The van der Waals surface area contributed by atoms with Gasteiger partial charge in [0.2, 0.25) is 0 Å². The summed E-state index contributed by atoms with van der Waals surface area (Å²) in [6.07, 6.45) is 31.1. The molecule has 12 heteroatoms. The number of hydrogen-bond donors (Lipinski definition) is 2. The number of carbonyl (C=O) groups is 2. The molecule has 0 aromatic carbocycles. The molecule has 0 aliphatic heterocycles. The predicted octanol–water partition coefficient (Wildman–Crippen LogP) is 10.5. The summed E-state index contributed by atoms with van der Waals surface area (Å²) in [5.41, 5.74) is 2.57. The van der Waals surface area contributed by atoms with Gasteiger partial charge in [0.15, 0.2) is 6.10 Å². The Morgan fingerprint density at radius 2 is 1.28 bits per heavy atom. The number of rotatable bonds is 35. The summed E-state index contributed by atoms with van der Waals surface area (Å²) in [6.45, 7) is 8.21. The number of phosphoric acid groups is 1. The van der Waals surface area contributed by atoms with Crippen molar-refractivity contribution in [3.05, 3.63) is 71.3 Å². The van der Waals surface area contributed by atoms with Crippen molar-refractivity contribution in [1.29, 1.82) is 0 Å². The lowest BCUT2D eigenvalue weighted by Crippen LogP contribution is -2.37. The summed E-state index contributed by atoms with van der Waals surface area (Å²) in [5, 5.41) is 9.57. The summed E-state index contributed by atoms with van der Waals surface area (Å²) in [5.74, 6) is 1.31. The van der Waals surface area contributed by atoms with E-state index in [1.807, 2.05) is 34.1 Å². The van der Waals surface area contributed by atoms with Gasteiger partial charge >= 0.3 is 19.8 Å². The van der Waals surface area contributed by atoms with Gasteiger partial charge in [-0.05, 0) is 95.6 Å². The van der Waals surface area contributed by atoms with E-state index >= 15 is 0 Å². The van der Waals surface area contributed by atoms with Gasteiger partial charge < -0.3 is 28.4 Å². The summed E-state index contributed by atoms with van der Waals surface area (Å²) < 4.78 is 40.3. The first-order valence-electron chi connectivity index (χ1n) is 21.8. The van der Waals surface area contributed by atoms with Crippen LogP contribution >= 0.6 is 7.82 Å². The number of aliphatic hydroxyl groups is 1. The highest BCUT2D eigenvalue weighted by atomic mass is 31.2. The third-order valence-corrected chi connectivity index (χ3v) is 10.7. The second kappa shape index (κ2) is 32.0. The number of quaternary nitrogens is 1. The summed E-state index contributed by atoms with van der Waals surface area (Å²) in [7, 11) is 1.39.